The Morgan fingerprint density at radius 3 is 2.22 bits per heavy atom. The smallest absolute Gasteiger partial charge is 0.293 e. The van der Waals surface area contributed by atoms with Gasteiger partial charge in [-0.2, -0.15) is 0 Å². The van der Waals surface area contributed by atoms with Crippen LogP contribution < -0.4 is 0 Å². The van der Waals surface area contributed by atoms with Crippen molar-refractivity contribution < 1.29 is 9.53 Å². The fourth-order valence-electron chi connectivity index (χ4n) is 3.11. The average Bonchev–Trinajstić information content (AvgIpc) is 2.46. The summed E-state index contributed by atoms with van der Waals surface area (Å²) in [7, 11) is 0. The van der Waals surface area contributed by atoms with Gasteiger partial charge in [-0.3, -0.25) is 4.79 Å². The van der Waals surface area contributed by atoms with Crippen molar-refractivity contribution in [3.05, 3.63) is 0 Å². The Bertz CT molecular complexity index is 181. The molecule has 1 rings (SSSR count). The lowest BCUT2D eigenvalue weighted by Gasteiger charge is -2.34. The minimum Gasteiger partial charge on any atom is -0.464 e. The number of carbonyl (C=O) groups is 1. The molecular formula is C16H32O2. The molecule has 1 fully saturated rings. The van der Waals surface area contributed by atoms with Crippen LogP contribution in [0.1, 0.15) is 79.1 Å². The first-order chi connectivity index (χ1) is 8.83. The average molecular weight is 256 g/mol. The molecule has 18 heavy (non-hydrogen) atoms. The zero-order chi connectivity index (χ0) is 13.8. The van der Waals surface area contributed by atoms with E-state index in [1.54, 1.807) is 0 Å². The summed E-state index contributed by atoms with van der Waals surface area (Å²) >= 11 is 0. The molecule has 0 spiro atoms. The highest BCUT2D eigenvalue weighted by Crippen LogP contribution is 2.33. The summed E-state index contributed by atoms with van der Waals surface area (Å²) in [6.07, 6.45) is 10.2. The van der Waals surface area contributed by atoms with E-state index in [0.29, 0.717) is 18.3 Å². The standard InChI is InChI=1S/C14H26O2.C2H6/c1-3-8-12(4-2)14(16-11-15)13-9-6-5-7-10-13;1-2/h11-14H,3-10H2,1-2H3;1-2H3. The summed E-state index contributed by atoms with van der Waals surface area (Å²) < 4.78 is 5.41. The molecule has 0 aromatic rings. The van der Waals surface area contributed by atoms with Crippen LogP contribution in [0.4, 0.5) is 0 Å². The molecule has 0 amide bonds. The Labute approximate surface area is 113 Å². The zero-order valence-corrected chi connectivity index (χ0v) is 12.8. The van der Waals surface area contributed by atoms with E-state index < -0.39 is 0 Å². The van der Waals surface area contributed by atoms with E-state index in [4.69, 9.17) is 4.74 Å². The predicted molar refractivity (Wildman–Crippen MR) is 77.5 cm³/mol. The van der Waals surface area contributed by atoms with Gasteiger partial charge in [0.2, 0.25) is 0 Å². The van der Waals surface area contributed by atoms with E-state index in [1.807, 2.05) is 13.8 Å². The molecule has 2 nitrogen and oxygen atoms in total. The molecule has 0 aliphatic heterocycles. The van der Waals surface area contributed by atoms with Gasteiger partial charge in [0.15, 0.2) is 0 Å². The molecule has 0 heterocycles. The van der Waals surface area contributed by atoms with E-state index in [1.165, 1.54) is 44.9 Å². The van der Waals surface area contributed by atoms with Crippen molar-refractivity contribution in [3.63, 3.8) is 0 Å². The van der Waals surface area contributed by atoms with Crippen molar-refractivity contribution in [3.8, 4) is 0 Å². The molecule has 2 unspecified atom stereocenters. The molecular weight excluding hydrogens is 224 g/mol. The van der Waals surface area contributed by atoms with Gasteiger partial charge < -0.3 is 4.74 Å². The molecule has 2 heteroatoms. The van der Waals surface area contributed by atoms with Crippen LogP contribution in [0.25, 0.3) is 0 Å². The van der Waals surface area contributed by atoms with Crippen LogP contribution in [0.15, 0.2) is 0 Å². The molecule has 0 N–H and O–H groups in total. The molecule has 1 saturated carbocycles. The highest BCUT2D eigenvalue weighted by atomic mass is 16.5. The lowest BCUT2D eigenvalue weighted by Crippen LogP contribution is -2.33. The molecule has 108 valence electrons. The van der Waals surface area contributed by atoms with Gasteiger partial charge in [0.1, 0.15) is 6.10 Å². The Morgan fingerprint density at radius 2 is 1.78 bits per heavy atom. The third-order valence-corrected chi connectivity index (χ3v) is 3.98. The second-order valence-electron chi connectivity index (χ2n) is 5.05. The van der Waals surface area contributed by atoms with Gasteiger partial charge in [-0.25, -0.2) is 0 Å². The largest absolute Gasteiger partial charge is 0.464 e. The van der Waals surface area contributed by atoms with E-state index in [2.05, 4.69) is 13.8 Å². The van der Waals surface area contributed by atoms with Crippen molar-refractivity contribution in [2.75, 3.05) is 0 Å². The highest BCUT2D eigenvalue weighted by molar-refractivity contribution is 5.37. The van der Waals surface area contributed by atoms with Gasteiger partial charge in [-0.1, -0.05) is 53.4 Å². The molecule has 0 aromatic heterocycles. The SMILES string of the molecule is CC.CCCC(CC)C(OC=O)C1CCCCC1. The second kappa shape index (κ2) is 11.6. The van der Waals surface area contributed by atoms with Crippen LogP contribution >= 0.6 is 0 Å². The van der Waals surface area contributed by atoms with Gasteiger partial charge in [0.25, 0.3) is 6.47 Å². The third-order valence-electron chi connectivity index (χ3n) is 3.98. The van der Waals surface area contributed by atoms with Gasteiger partial charge in [0.05, 0.1) is 0 Å². The van der Waals surface area contributed by atoms with Crippen molar-refractivity contribution in [1.29, 1.82) is 0 Å². The first kappa shape index (κ1) is 17.5. The predicted octanol–water partition coefficient (Wildman–Crippen LogP) is 4.96. The number of ether oxygens (including phenoxy) is 1. The maximum atomic E-state index is 10.7. The van der Waals surface area contributed by atoms with Crippen molar-refractivity contribution in [2.24, 2.45) is 11.8 Å². The van der Waals surface area contributed by atoms with Gasteiger partial charge in [-0.05, 0) is 37.5 Å². The van der Waals surface area contributed by atoms with Gasteiger partial charge in [0, 0.05) is 0 Å². The normalized spacial score (nSPS) is 19.3. The summed E-state index contributed by atoms with van der Waals surface area (Å²) in [6.45, 7) is 9.09. The van der Waals surface area contributed by atoms with Crippen molar-refractivity contribution >= 4 is 6.47 Å². The fraction of sp³-hybridized carbons (Fsp3) is 0.938. The monoisotopic (exact) mass is 256 g/mol. The molecule has 0 bridgehead atoms. The summed E-state index contributed by atoms with van der Waals surface area (Å²) in [5.74, 6) is 1.19. The van der Waals surface area contributed by atoms with Crippen LogP contribution in [-0.4, -0.2) is 12.6 Å². The number of rotatable bonds is 7. The summed E-state index contributed by atoms with van der Waals surface area (Å²) in [6, 6.07) is 0. The number of hydrogen-bond donors (Lipinski definition) is 0. The Balaban J connectivity index is 0.00000137. The summed E-state index contributed by atoms with van der Waals surface area (Å²) in [5, 5.41) is 0. The summed E-state index contributed by atoms with van der Waals surface area (Å²) in [4.78, 5) is 10.7. The zero-order valence-electron chi connectivity index (χ0n) is 12.8. The van der Waals surface area contributed by atoms with E-state index in [0.717, 1.165) is 6.42 Å². The van der Waals surface area contributed by atoms with Crippen LogP contribution in [0.2, 0.25) is 0 Å². The van der Waals surface area contributed by atoms with Gasteiger partial charge >= 0.3 is 0 Å². The lowest BCUT2D eigenvalue weighted by molar-refractivity contribution is -0.140. The van der Waals surface area contributed by atoms with Crippen LogP contribution in [0, 0.1) is 11.8 Å². The maximum absolute atomic E-state index is 10.7. The lowest BCUT2D eigenvalue weighted by atomic mass is 9.78. The molecule has 0 saturated heterocycles. The first-order valence-electron chi connectivity index (χ1n) is 7.92. The van der Waals surface area contributed by atoms with E-state index >= 15 is 0 Å². The van der Waals surface area contributed by atoms with Crippen LogP contribution in [0.3, 0.4) is 0 Å². The van der Waals surface area contributed by atoms with Crippen molar-refractivity contribution in [2.45, 2.75) is 85.2 Å². The minimum absolute atomic E-state index is 0.183. The number of hydrogen-bond acceptors (Lipinski definition) is 2. The maximum Gasteiger partial charge on any atom is 0.293 e. The molecule has 1 aliphatic carbocycles. The molecule has 0 radical (unpaired) electrons. The second-order valence-corrected chi connectivity index (χ2v) is 5.05. The van der Waals surface area contributed by atoms with Crippen LogP contribution in [-0.2, 0) is 9.53 Å². The Hall–Kier alpha value is -0.530. The number of carbonyl (C=O) groups excluding carboxylic acids is 1. The third kappa shape index (κ3) is 5.88. The fourth-order valence-corrected chi connectivity index (χ4v) is 3.11. The summed E-state index contributed by atoms with van der Waals surface area (Å²) in [5.41, 5.74) is 0. The molecule has 0 aromatic carbocycles. The van der Waals surface area contributed by atoms with Crippen LogP contribution in [0.5, 0.6) is 0 Å². The quantitative estimate of drug-likeness (QED) is 0.602. The van der Waals surface area contributed by atoms with Gasteiger partial charge in [-0.15, -0.1) is 0 Å². The minimum atomic E-state index is 0.183. The van der Waals surface area contributed by atoms with E-state index in [-0.39, 0.29) is 6.10 Å². The van der Waals surface area contributed by atoms with Crippen molar-refractivity contribution in [1.82, 2.24) is 0 Å². The topological polar surface area (TPSA) is 26.3 Å². The highest BCUT2D eigenvalue weighted by Gasteiger charge is 2.30. The Morgan fingerprint density at radius 1 is 1.17 bits per heavy atom. The first-order valence-corrected chi connectivity index (χ1v) is 7.92. The van der Waals surface area contributed by atoms with E-state index in [9.17, 15) is 4.79 Å². The molecule has 1 aliphatic rings. The molecule has 2 atom stereocenters. The Kier molecular flexibility index (Phi) is 11.2.